The van der Waals surface area contributed by atoms with Crippen LogP contribution in [-0.2, 0) is 0 Å². The van der Waals surface area contributed by atoms with Gasteiger partial charge in [-0.3, -0.25) is 4.79 Å². The lowest BCUT2D eigenvalue weighted by Crippen LogP contribution is -2.46. The first kappa shape index (κ1) is 16.0. The molecule has 116 valence electrons. The molecule has 0 bridgehead atoms. The number of hydrogen-bond donors (Lipinski definition) is 3. The molecule has 4 nitrogen and oxygen atoms in total. The van der Waals surface area contributed by atoms with E-state index >= 15 is 0 Å². The van der Waals surface area contributed by atoms with Crippen molar-refractivity contribution in [1.82, 2.24) is 5.32 Å². The van der Waals surface area contributed by atoms with Crippen LogP contribution in [0.1, 0.15) is 29.8 Å². The first-order valence-electron chi connectivity index (χ1n) is 7.28. The van der Waals surface area contributed by atoms with Crippen molar-refractivity contribution in [3.8, 4) is 0 Å². The van der Waals surface area contributed by atoms with E-state index in [0.29, 0.717) is 5.56 Å². The standard InChI is InChI=1S/C18H22N2O2/c1-13-8-4-6-10-15(13)19-16-11-7-5-9-14(16)17(22)20-18(2,3)12-21/h4-11,19,21H,12H2,1-3H3,(H,20,22). The van der Waals surface area contributed by atoms with Gasteiger partial charge in [-0.25, -0.2) is 0 Å². The van der Waals surface area contributed by atoms with Crippen LogP contribution in [0.3, 0.4) is 0 Å². The van der Waals surface area contributed by atoms with Gasteiger partial charge in [0.2, 0.25) is 0 Å². The van der Waals surface area contributed by atoms with Crippen LogP contribution in [0.2, 0.25) is 0 Å². The fraction of sp³-hybridized carbons (Fsp3) is 0.278. The maximum atomic E-state index is 12.5. The highest BCUT2D eigenvalue weighted by molar-refractivity contribution is 6.00. The van der Waals surface area contributed by atoms with Gasteiger partial charge < -0.3 is 15.7 Å². The Hall–Kier alpha value is -2.33. The Bertz CT molecular complexity index is 666. The molecule has 2 aromatic carbocycles. The molecule has 0 saturated heterocycles. The Morgan fingerprint density at radius 2 is 1.64 bits per heavy atom. The van der Waals surface area contributed by atoms with E-state index in [1.54, 1.807) is 19.9 Å². The molecule has 4 heteroatoms. The Morgan fingerprint density at radius 3 is 2.27 bits per heavy atom. The van der Waals surface area contributed by atoms with Crippen LogP contribution >= 0.6 is 0 Å². The molecular weight excluding hydrogens is 276 g/mol. The molecule has 0 aliphatic heterocycles. The minimum absolute atomic E-state index is 0.119. The molecule has 0 aromatic heterocycles. The fourth-order valence-corrected chi connectivity index (χ4v) is 2.06. The lowest BCUT2D eigenvalue weighted by molar-refractivity contribution is 0.0870. The predicted molar refractivity (Wildman–Crippen MR) is 89.5 cm³/mol. The van der Waals surface area contributed by atoms with Crippen molar-refractivity contribution in [3.63, 3.8) is 0 Å². The zero-order valence-electron chi connectivity index (χ0n) is 13.2. The highest BCUT2D eigenvalue weighted by Gasteiger charge is 2.21. The van der Waals surface area contributed by atoms with Gasteiger partial charge in [-0.2, -0.15) is 0 Å². The number of carbonyl (C=O) groups excluding carboxylic acids is 1. The minimum Gasteiger partial charge on any atom is -0.394 e. The number of para-hydroxylation sites is 2. The van der Waals surface area contributed by atoms with Crippen molar-refractivity contribution in [2.24, 2.45) is 0 Å². The predicted octanol–water partition coefficient (Wildman–Crippen LogP) is 3.24. The molecule has 0 fully saturated rings. The van der Waals surface area contributed by atoms with Crippen molar-refractivity contribution >= 4 is 17.3 Å². The average Bonchev–Trinajstić information content (AvgIpc) is 2.49. The van der Waals surface area contributed by atoms with Crippen molar-refractivity contribution in [1.29, 1.82) is 0 Å². The van der Waals surface area contributed by atoms with Crippen LogP contribution in [0.15, 0.2) is 48.5 Å². The summed E-state index contributed by atoms with van der Waals surface area (Å²) < 4.78 is 0. The maximum absolute atomic E-state index is 12.5. The second-order valence-corrected chi connectivity index (χ2v) is 5.98. The van der Waals surface area contributed by atoms with Crippen molar-refractivity contribution in [2.75, 3.05) is 11.9 Å². The number of benzene rings is 2. The van der Waals surface area contributed by atoms with E-state index in [2.05, 4.69) is 10.6 Å². The molecule has 0 radical (unpaired) electrons. The molecule has 3 N–H and O–H groups in total. The first-order valence-corrected chi connectivity index (χ1v) is 7.28. The fourth-order valence-electron chi connectivity index (χ4n) is 2.06. The molecular formula is C18H22N2O2. The molecule has 0 aliphatic rings. The van der Waals surface area contributed by atoms with Gasteiger partial charge in [0.25, 0.3) is 5.91 Å². The number of aryl methyl sites for hydroxylation is 1. The van der Waals surface area contributed by atoms with Gasteiger partial charge in [0.05, 0.1) is 23.4 Å². The van der Waals surface area contributed by atoms with Crippen LogP contribution in [0.4, 0.5) is 11.4 Å². The largest absolute Gasteiger partial charge is 0.394 e. The summed E-state index contributed by atoms with van der Waals surface area (Å²) in [7, 11) is 0. The van der Waals surface area contributed by atoms with Gasteiger partial charge in [-0.15, -0.1) is 0 Å². The number of aliphatic hydroxyl groups excluding tert-OH is 1. The third kappa shape index (κ3) is 3.86. The van der Waals surface area contributed by atoms with Gasteiger partial charge >= 0.3 is 0 Å². The second kappa shape index (κ2) is 6.62. The van der Waals surface area contributed by atoms with Gasteiger partial charge in [0.15, 0.2) is 0 Å². The zero-order chi connectivity index (χ0) is 16.2. The first-order chi connectivity index (χ1) is 10.4. The van der Waals surface area contributed by atoms with E-state index in [1.165, 1.54) is 0 Å². The molecule has 0 heterocycles. The summed E-state index contributed by atoms with van der Waals surface area (Å²) >= 11 is 0. The molecule has 0 unspecified atom stereocenters. The molecule has 0 spiro atoms. The van der Waals surface area contributed by atoms with E-state index in [9.17, 15) is 9.90 Å². The number of hydrogen-bond acceptors (Lipinski definition) is 3. The van der Waals surface area contributed by atoms with Gasteiger partial charge in [0.1, 0.15) is 0 Å². The lowest BCUT2D eigenvalue weighted by Gasteiger charge is -2.24. The van der Waals surface area contributed by atoms with E-state index in [-0.39, 0.29) is 12.5 Å². The highest BCUT2D eigenvalue weighted by Crippen LogP contribution is 2.23. The number of aliphatic hydroxyl groups is 1. The Morgan fingerprint density at radius 1 is 1.05 bits per heavy atom. The quantitative estimate of drug-likeness (QED) is 0.794. The maximum Gasteiger partial charge on any atom is 0.253 e. The van der Waals surface area contributed by atoms with Crippen LogP contribution in [-0.4, -0.2) is 23.2 Å². The number of amides is 1. The SMILES string of the molecule is Cc1ccccc1Nc1ccccc1C(=O)NC(C)(C)CO. The lowest BCUT2D eigenvalue weighted by atomic mass is 10.1. The summed E-state index contributed by atoms with van der Waals surface area (Å²) in [6, 6.07) is 15.3. The zero-order valence-corrected chi connectivity index (χ0v) is 13.2. The smallest absolute Gasteiger partial charge is 0.253 e. The Balaban J connectivity index is 2.27. The Labute approximate surface area is 131 Å². The van der Waals surface area contributed by atoms with E-state index < -0.39 is 5.54 Å². The normalized spacial score (nSPS) is 11.1. The monoisotopic (exact) mass is 298 g/mol. The third-order valence-corrected chi connectivity index (χ3v) is 3.43. The molecule has 1 amide bonds. The van der Waals surface area contributed by atoms with E-state index in [0.717, 1.165) is 16.9 Å². The molecule has 2 rings (SSSR count). The number of carbonyl (C=O) groups is 1. The van der Waals surface area contributed by atoms with Crippen LogP contribution in [0.25, 0.3) is 0 Å². The topological polar surface area (TPSA) is 61.4 Å². The molecule has 22 heavy (non-hydrogen) atoms. The van der Waals surface area contributed by atoms with Crippen LogP contribution < -0.4 is 10.6 Å². The second-order valence-electron chi connectivity index (χ2n) is 5.98. The Kier molecular flexibility index (Phi) is 4.83. The summed E-state index contributed by atoms with van der Waals surface area (Å²) in [5.41, 5.74) is 2.69. The summed E-state index contributed by atoms with van der Waals surface area (Å²) in [5, 5.41) is 15.4. The summed E-state index contributed by atoms with van der Waals surface area (Å²) in [6.07, 6.45) is 0. The summed E-state index contributed by atoms with van der Waals surface area (Å²) in [6.45, 7) is 5.45. The van der Waals surface area contributed by atoms with E-state index in [4.69, 9.17) is 0 Å². The van der Waals surface area contributed by atoms with Crippen molar-refractivity contribution in [2.45, 2.75) is 26.3 Å². The molecule has 2 aromatic rings. The molecule has 0 atom stereocenters. The van der Waals surface area contributed by atoms with Crippen molar-refractivity contribution in [3.05, 3.63) is 59.7 Å². The van der Waals surface area contributed by atoms with Crippen LogP contribution in [0.5, 0.6) is 0 Å². The number of anilines is 2. The van der Waals surface area contributed by atoms with E-state index in [1.807, 2.05) is 49.4 Å². The van der Waals surface area contributed by atoms with Gasteiger partial charge in [-0.1, -0.05) is 30.3 Å². The summed E-state index contributed by atoms with van der Waals surface area (Å²) in [4.78, 5) is 12.5. The van der Waals surface area contributed by atoms with Gasteiger partial charge in [-0.05, 0) is 44.5 Å². The number of nitrogens with one attached hydrogen (secondary N) is 2. The molecule has 0 saturated carbocycles. The van der Waals surface area contributed by atoms with Crippen molar-refractivity contribution < 1.29 is 9.90 Å². The highest BCUT2D eigenvalue weighted by atomic mass is 16.3. The van der Waals surface area contributed by atoms with Gasteiger partial charge in [0, 0.05) is 5.69 Å². The minimum atomic E-state index is -0.660. The summed E-state index contributed by atoms with van der Waals surface area (Å²) in [5.74, 6) is -0.212. The average molecular weight is 298 g/mol. The number of rotatable bonds is 5. The van der Waals surface area contributed by atoms with Crippen LogP contribution in [0, 0.1) is 6.92 Å². The molecule has 0 aliphatic carbocycles. The third-order valence-electron chi connectivity index (χ3n) is 3.43.